The first-order valence-electron chi connectivity index (χ1n) is 6.03. The normalized spacial score (nSPS) is 10.6. The van der Waals surface area contributed by atoms with Crippen molar-refractivity contribution in [1.82, 2.24) is 5.43 Å². The third-order valence-electron chi connectivity index (χ3n) is 2.69. The lowest BCUT2D eigenvalue weighted by Crippen LogP contribution is -2.17. The minimum absolute atomic E-state index is 0.308. The smallest absolute Gasteiger partial charge is 0.271 e. The van der Waals surface area contributed by atoms with Crippen LogP contribution in [0, 0.1) is 9.39 Å². The highest BCUT2D eigenvalue weighted by molar-refractivity contribution is 14.1. The zero-order chi connectivity index (χ0) is 15.2. The molecule has 2 aromatic carbocycles. The number of nitrogens with zero attached hydrogens (tertiary/aromatic N) is 1. The number of halogens is 2. The van der Waals surface area contributed by atoms with Crippen molar-refractivity contribution >= 4 is 34.7 Å². The summed E-state index contributed by atoms with van der Waals surface area (Å²) in [6, 6.07) is 11.2. The minimum Gasteiger partial charge on any atom is -0.496 e. The number of rotatable bonds is 4. The third kappa shape index (κ3) is 4.01. The lowest BCUT2D eigenvalue weighted by molar-refractivity contribution is 0.0955. The summed E-state index contributed by atoms with van der Waals surface area (Å²) in [7, 11) is 1.57. The van der Waals surface area contributed by atoms with Crippen molar-refractivity contribution < 1.29 is 13.9 Å². The Balaban J connectivity index is 2.05. The van der Waals surface area contributed by atoms with E-state index in [1.807, 2.05) is 0 Å². The molecule has 0 aromatic heterocycles. The van der Waals surface area contributed by atoms with Gasteiger partial charge in [-0.25, -0.2) is 9.82 Å². The SMILES string of the molecule is COc1ccc(C(=O)N/N=C/c2ccccc2F)cc1I. The van der Waals surface area contributed by atoms with Crippen LogP contribution in [-0.4, -0.2) is 19.2 Å². The number of amides is 1. The van der Waals surface area contributed by atoms with E-state index in [1.54, 1.807) is 43.5 Å². The molecule has 0 unspecified atom stereocenters. The summed E-state index contributed by atoms with van der Waals surface area (Å²) in [5.41, 5.74) is 3.12. The molecule has 2 rings (SSSR count). The van der Waals surface area contributed by atoms with Crippen LogP contribution >= 0.6 is 22.6 Å². The first kappa shape index (κ1) is 15.4. The molecule has 6 heteroatoms. The van der Waals surface area contributed by atoms with Crippen LogP contribution in [0.4, 0.5) is 4.39 Å². The molecule has 0 radical (unpaired) electrons. The molecule has 1 amide bonds. The summed E-state index contributed by atoms with van der Waals surface area (Å²) in [5, 5.41) is 3.75. The van der Waals surface area contributed by atoms with E-state index in [0.717, 1.165) is 3.57 Å². The summed E-state index contributed by atoms with van der Waals surface area (Å²) in [5.74, 6) is -0.0698. The van der Waals surface area contributed by atoms with Crippen molar-refractivity contribution in [2.45, 2.75) is 0 Å². The molecule has 0 heterocycles. The molecule has 0 saturated heterocycles. The number of hydrogen-bond acceptors (Lipinski definition) is 3. The largest absolute Gasteiger partial charge is 0.496 e. The Hall–Kier alpha value is -1.96. The van der Waals surface area contributed by atoms with Gasteiger partial charge in [0, 0.05) is 11.1 Å². The Morgan fingerprint density at radius 2 is 2.10 bits per heavy atom. The van der Waals surface area contributed by atoms with Crippen LogP contribution in [0.15, 0.2) is 47.6 Å². The molecule has 0 aliphatic rings. The number of hydrazone groups is 1. The maximum Gasteiger partial charge on any atom is 0.271 e. The Labute approximate surface area is 135 Å². The minimum atomic E-state index is -0.394. The number of methoxy groups -OCH3 is 1. The quantitative estimate of drug-likeness (QED) is 0.489. The number of carbonyl (C=O) groups excluding carboxylic acids is 1. The average molecular weight is 398 g/mol. The number of carbonyl (C=O) groups is 1. The van der Waals surface area contributed by atoms with Crippen molar-refractivity contribution in [3.05, 3.63) is 63.0 Å². The van der Waals surface area contributed by atoms with E-state index in [2.05, 4.69) is 33.1 Å². The monoisotopic (exact) mass is 398 g/mol. The summed E-state index contributed by atoms with van der Waals surface area (Å²) in [6.07, 6.45) is 1.27. The Morgan fingerprint density at radius 3 is 2.76 bits per heavy atom. The fourth-order valence-electron chi connectivity index (χ4n) is 1.61. The van der Waals surface area contributed by atoms with Gasteiger partial charge in [0.05, 0.1) is 16.9 Å². The van der Waals surface area contributed by atoms with E-state index >= 15 is 0 Å². The van der Waals surface area contributed by atoms with E-state index < -0.39 is 5.82 Å². The van der Waals surface area contributed by atoms with Gasteiger partial charge in [-0.05, 0) is 46.9 Å². The van der Waals surface area contributed by atoms with E-state index in [-0.39, 0.29) is 5.91 Å². The summed E-state index contributed by atoms with van der Waals surface area (Å²) in [6.45, 7) is 0. The number of ether oxygens (including phenoxy) is 1. The summed E-state index contributed by atoms with van der Waals surface area (Å²) < 4.78 is 19.3. The second-order valence-electron chi connectivity index (χ2n) is 4.07. The van der Waals surface area contributed by atoms with Gasteiger partial charge in [0.15, 0.2) is 0 Å². The van der Waals surface area contributed by atoms with Gasteiger partial charge in [0.25, 0.3) is 5.91 Å². The Bertz CT molecular complexity index is 689. The lowest BCUT2D eigenvalue weighted by atomic mass is 10.2. The van der Waals surface area contributed by atoms with Crippen molar-refractivity contribution in [2.24, 2.45) is 5.10 Å². The third-order valence-corrected chi connectivity index (χ3v) is 3.53. The molecule has 0 fully saturated rings. The zero-order valence-corrected chi connectivity index (χ0v) is 13.3. The van der Waals surface area contributed by atoms with Crippen LogP contribution in [0.3, 0.4) is 0 Å². The van der Waals surface area contributed by atoms with E-state index in [1.165, 1.54) is 12.3 Å². The van der Waals surface area contributed by atoms with Crippen molar-refractivity contribution in [2.75, 3.05) is 7.11 Å². The topological polar surface area (TPSA) is 50.7 Å². The van der Waals surface area contributed by atoms with Crippen LogP contribution < -0.4 is 10.2 Å². The molecule has 0 aliphatic carbocycles. The van der Waals surface area contributed by atoms with E-state index in [9.17, 15) is 9.18 Å². The first-order valence-corrected chi connectivity index (χ1v) is 7.11. The van der Waals surface area contributed by atoms with Crippen LogP contribution in [-0.2, 0) is 0 Å². The highest BCUT2D eigenvalue weighted by Gasteiger charge is 2.07. The van der Waals surface area contributed by atoms with Crippen molar-refractivity contribution in [3.8, 4) is 5.75 Å². The highest BCUT2D eigenvalue weighted by Crippen LogP contribution is 2.21. The lowest BCUT2D eigenvalue weighted by Gasteiger charge is -2.05. The number of hydrogen-bond donors (Lipinski definition) is 1. The Kier molecular flexibility index (Phi) is 5.26. The van der Waals surface area contributed by atoms with E-state index in [4.69, 9.17) is 4.74 Å². The predicted octanol–water partition coefficient (Wildman–Crippen LogP) is 3.20. The molecule has 0 bridgehead atoms. The Morgan fingerprint density at radius 1 is 1.33 bits per heavy atom. The first-order chi connectivity index (χ1) is 10.1. The van der Waals surface area contributed by atoms with Crippen LogP contribution in [0.1, 0.15) is 15.9 Å². The summed E-state index contributed by atoms with van der Waals surface area (Å²) >= 11 is 2.08. The zero-order valence-electron chi connectivity index (χ0n) is 11.1. The second kappa shape index (κ2) is 7.16. The fourth-order valence-corrected chi connectivity index (χ4v) is 2.35. The second-order valence-corrected chi connectivity index (χ2v) is 5.23. The van der Waals surface area contributed by atoms with Crippen molar-refractivity contribution in [3.63, 3.8) is 0 Å². The molecule has 4 nitrogen and oxygen atoms in total. The molecular weight excluding hydrogens is 386 g/mol. The molecule has 0 spiro atoms. The molecule has 1 N–H and O–H groups in total. The van der Waals surface area contributed by atoms with Gasteiger partial charge in [-0.1, -0.05) is 18.2 Å². The van der Waals surface area contributed by atoms with Gasteiger partial charge < -0.3 is 4.74 Å². The van der Waals surface area contributed by atoms with E-state index in [0.29, 0.717) is 16.9 Å². The standard InChI is InChI=1S/C15H12FIN2O2/c1-21-14-7-6-10(8-13(14)17)15(20)19-18-9-11-4-2-3-5-12(11)16/h2-9H,1H3,(H,19,20)/b18-9+. The average Bonchev–Trinajstić information content (AvgIpc) is 2.49. The van der Waals surface area contributed by atoms with Crippen LogP contribution in [0.25, 0.3) is 0 Å². The fraction of sp³-hybridized carbons (Fsp3) is 0.0667. The van der Waals surface area contributed by atoms with Gasteiger partial charge in [-0.2, -0.15) is 5.10 Å². The maximum atomic E-state index is 13.4. The number of benzene rings is 2. The number of nitrogens with one attached hydrogen (secondary N) is 1. The molecule has 0 saturated carbocycles. The van der Waals surface area contributed by atoms with Crippen LogP contribution in [0.5, 0.6) is 5.75 Å². The van der Waals surface area contributed by atoms with Gasteiger partial charge >= 0.3 is 0 Å². The molecule has 2 aromatic rings. The van der Waals surface area contributed by atoms with Crippen LogP contribution in [0.2, 0.25) is 0 Å². The van der Waals surface area contributed by atoms with Crippen molar-refractivity contribution in [1.29, 1.82) is 0 Å². The highest BCUT2D eigenvalue weighted by atomic mass is 127. The van der Waals surface area contributed by atoms with Gasteiger partial charge in [-0.15, -0.1) is 0 Å². The van der Waals surface area contributed by atoms with Gasteiger partial charge in [0.1, 0.15) is 11.6 Å². The predicted molar refractivity (Wildman–Crippen MR) is 87.2 cm³/mol. The van der Waals surface area contributed by atoms with Gasteiger partial charge in [-0.3, -0.25) is 4.79 Å². The molecule has 0 atom stereocenters. The molecule has 21 heavy (non-hydrogen) atoms. The van der Waals surface area contributed by atoms with Gasteiger partial charge in [0.2, 0.25) is 0 Å². The molecule has 0 aliphatic heterocycles. The molecule has 108 valence electrons. The summed E-state index contributed by atoms with van der Waals surface area (Å²) in [4.78, 5) is 11.9. The maximum absolute atomic E-state index is 13.4. The molecular formula is C15H12FIN2O2.